The summed E-state index contributed by atoms with van der Waals surface area (Å²) in [5.74, 6) is 1.89. The standard InChI is InChI=1S/C23H24N4O3S/c1-3-14-25-31(29,30)22-13-7-9-19(16-22)23(28)24-15-8-10-20-17-27(26-18(20)2)21-11-5-4-6-12-21/h1,4-7,9,11-13,16-17,25H,8,10,14-15H2,2H3,(H,24,28). The fourth-order valence-electron chi connectivity index (χ4n) is 3.06. The van der Waals surface area contributed by atoms with E-state index in [1.54, 1.807) is 6.07 Å². The topological polar surface area (TPSA) is 93.1 Å². The van der Waals surface area contributed by atoms with Gasteiger partial charge in [-0.2, -0.15) is 9.82 Å². The quantitative estimate of drug-likeness (QED) is 0.398. The van der Waals surface area contributed by atoms with Crippen LogP contribution in [0.15, 0.2) is 65.7 Å². The smallest absolute Gasteiger partial charge is 0.251 e. The van der Waals surface area contributed by atoms with Crippen molar-refractivity contribution in [3.63, 3.8) is 0 Å². The zero-order chi connectivity index (χ0) is 22.3. The molecule has 3 aromatic rings. The first-order valence-electron chi connectivity index (χ1n) is 9.82. The number of hydrogen-bond donors (Lipinski definition) is 2. The molecule has 0 spiro atoms. The van der Waals surface area contributed by atoms with Crippen LogP contribution in [-0.4, -0.2) is 37.2 Å². The number of rotatable bonds is 9. The summed E-state index contributed by atoms with van der Waals surface area (Å²) in [6.45, 7) is 2.31. The molecule has 0 aliphatic carbocycles. The molecular formula is C23H24N4O3S. The fraction of sp³-hybridized carbons (Fsp3) is 0.217. The van der Waals surface area contributed by atoms with E-state index in [1.807, 2.05) is 48.1 Å². The first kappa shape index (κ1) is 22.3. The molecule has 0 aliphatic rings. The molecule has 0 fully saturated rings. The Morgan fingerprint density at radius 1 is 1.16 bits per heavy atom. The normalized spacial score (nSPS) is 11.1. The van der Waals surface area contributed by atoms with Gasteiger partial charge in [0.2, 0.25) is 10.0 Å². The number of carbonyl (C=O) groups excluding carboxylic acids is 1. The number of terminal acetylenes is 1. The maximum absolute atomic E-state index is 12.4. The third-order valence-corrected chi connectivity index (χ3v) is 6.10. The molecule has 0 radical (unpaired) electrons. The average Bonchev–Trinajstić information content (AvgIpc) is 3.16. The summed E-state index contributed by atoms with van der Waals surface area (Å²) in [5.41, 5.74) is 3.34. The molecule has 0 saturated carbocycles. The van der Waals surface area contributed by atoms with E-state index in [0.717, 1.165) is 29.8 Å². The molecule has 2 N–H and O–H groups in total. The highest BCUT2D eigenvalue weighted by Crippen LogP contribution is 2.14. The van der Waals surface area contributed by atoms with Gasteiger partial charge in [-0.1, -0.05) is 30.2 Å². The highest BCUT2D eigenvalue weighted by Gasteiger charge is 2.15. The molecule has 0 atom stereocenters. The van der Waals surface area contributed by atoms with E-state index in [-0.39, 0.29) is 22.9 Å². The van der Waals surface area contributed by atoms with Crippen molar-refractivity contribution in [2.45, 2.75) is 24.7 Å². The molecule has 0 saturated heterocycles. The number of nitrogens with zero attached hydrogens (tertiary/aromatic N) is 2. The molecular weight excluding hydrogens is 412 g/mol. The first-order chi connectivity index (χ1) is 14.9. The fourth-order valence-corrected chi connectivity index (χ4v) is 4.04. The number of sulfonamides is 1. The minimum Gasteiger partial charge on any atom is -0.352 e. The predicted molar refractivity (Wildman–Crippen MR) is 119 cm³/mol. The highest BCUT2D eigenvalue weighted by atomic mass is 32.2. The zero-order valence-corrected chi connectivity index (χ0v) is 18.0. The van der Waals surface area contributed by atoms with Gasteiger partial charge in [0.05, 0.1) is 22.8 Å². The number of aryl methyl sites for hydroxylation is 2. The molecule has 2 aromatic carbocycles. The van der Waals surface area contributed by atoms with E-state index in [4.69, 9.17) is 6.42 Å². The van der Waals surface area contributed by atoms with E-state index in [1.165, 1.54) is 18.2 Å². The van der Waals surface area contributed by atoms with Crippen molar-refractivity contribution < 1.29 is 13.2 Å². The molecule has 8 heteroatoms. The first-order valence-corrected chi connectivity index (χ1v) is 11.3. The number of para-hydroxylation sites is 1. The number of benzene rings is 2. The lowest BCUT2D eigenvalue weighted by atomic mass is 10.1. The minimum absolute atomic E-state index is 0.000601. The van der Waals surface area contributed by atoms with Gasteiger partial charge in [-0.25, -0.2) is 13.1 Å². The maximum atomic E-state index is 12.4. The molecule has 1 aromatic heterocycles. The third-order valence-electron chi connectivity index (χ3n) is 4.70. The van der Waals surface area contributed by atoms with Crippen LogP contribution in [0.5, 0.6) is 0 Å². The van der Waals surface area contributed by atoms with E-state index in [2.05, 4.69) is 21.1 Å². The lowest BCUT2D eigenvalue weighted by molar-refractivity contribution is 0.0953. The molecule has 1 amide bonds. The predicted octanol–water partition coefficient (Wildman–Crippen LogP) is 2.45. The van der Waals surface area contributed by atoms with Gasteiger partial charge in [0.15, 0.2) is 0 Å². The number of hydrogen-bond acceptors (Lipinski definition) is 4. The number of carbonyl (C=O) groups is 1. The average molecular weight is 437 g/mol. The van der Waals surface area contributed by atoms with Crippen molar-refractivity contribution in [2.75, 3.05) is 13.1 Å². The molecule has 160 valence electrons. The largest absolute Gasteiger partial charge is 0.352 e. The Hall–Kier alpha value is -3.41. The van der Waals surface area contributed by atoms with Crippen LogP contribution < -0.4 is 10.0 Å². The highest BCUT2D eigenvalue weighted by molar-refractivity contribution is 7.89. The van der Waals surface area contributed by atoms with Crippen molar-refractivity contribution in [1.29, 1.82) is 0 Å². The lowest BCUT2D eigenvalue weighted by Gasteiger charge is -2.08. The van der Waals surface area contributed by atoms with Crippen LogP contribution in [0.25, 0.3) is 5.69 Å². The van der Waals surface area contributed by atoms with E-state index < -0.39 is 10.0 Å². The van der Waals surface area contributed by atoms with Crippen molar-refractivity contribution in [2.24, 2.45) is 0 Å². The Kier molecular flexibility index (Phi) is 7.23. The second-order valence-corrected chi connectivity index (χ2v) is 8.70. The second kappa shape index (κ2) is 10.1. The van der Waals surface area contributed by atoms with Crippen LogP contribution >= 0.6 is 0 Å². The van der Waals surface area contributed by atoms with E-state index in [9.17, 15) is 13.2 Å². The van der Waals surface area contributed by atoms with Crippen LogP contribution in [0.4, 0.5) is 0 Å². The SMILES string of the molecule is C#CCNS(=O)(=O)c1cccc(C(=O)NCCCc2cn(-c3ccccc3)nc2C)c1. The minimum atomic E-state index is -3.75. The van der Waals surface area contributed by atoms with Gasteiger partial charge in [0, 0.05) is 18.3 Å². The van der Waals surface area contributed by atoms with E-state index in [0.29, 0.717) is 6.54 Å². The van der Waals surface area contributed by atoms with Gasteiger partial charge < -0.3 is 5.32 Å². The Balaban J connectivity index is 1.55. The number of aromatic nitrogens is 2. The number of amides is 1. The maximum Gasteiger partial charge on any atom is 0.251 e. The Labute approximate surface area is 182 Å². The van der Waals surface area contributed by atoms with Crippen molar-refractivity contribution in [3.05, 3.63) is 77.6 Å². The summed E-state index contributed by atoms with van der Waals surface area (Å²) in [4.78, 5) is 12.4. The van der Waals surface area contributed by atoms with Crippen LogP contribution in [0.1, 0.15) is 28.0 Å². The van der Waals surface area contributed by atoms with Gasteiger partial charge in [-0.15, -0.1) is 6.42 Å². The van der Waals surface area contributed by atoms with Gasteiger partial charge >= 0.3 is 0 Å². The molecule has 1 heterocycles. The summed E-state index contributed by atoms with van der Waals surface area (Å²) in [6.07, 6.45) is 8.60. The third kappa shape index (κ3) is 5.81. The summed E-state index contributed by atoms with van der Waals surface area (Å²) in [5, 5.41) is 7.39. The van der Waals surface area contributed by atoms with Crippen molar-refractivity contribution in [1.82, 2.24) is 19.8 Å². The Bertz CT molecular complexity index is 1200. The van der Waals surface area contributed by atoms with Crippen LogP contribution in [-0.2, 0) is 16.4 Å². The van der Waals surface area contributed by atoms with Gasteiger partial charge in [-0.3, -0.25) is 4.79 Å². The molecule has 0 unspecified atom stereocenters. The summed E-state index contributed by atoms with van der Waals surface area (Å²) < 4.78 is 28.5. The molecule has 0 aliphatic heterocycles. The molecule has 31 heavy (non-hydrogen) atoms. The van der Waals surface area contributed by atoms with Gasteiger partial charge in [0.25, 0.3) is 5.91 Å². The Morgan fingerprint density at radius 3 is 2.68 bits per heavy atom. The summed E-state index contributed by atoms with van der Waals surface area (Å²) >= 11 is 0. The summed E-state index contributed by atoms with van der Waals surface area (Å²) in [7, 11) is -3.75. The molecule has 3 rings (SSSR count). The van der Waals surface area contributed by atoms with Gasteiger partial charge in [0.1, 0.15) is 0 Å². The molecule has 0 bridgehead atoms. The Morgan fingerprint density at radius 2 is 1.94 bits per heavy atom. The zero-order valence-electron chi connectivity index (χ0n) is 17.2. The van der Waals surface area contributed by atoms with E-state index >= 15 is 0 Å². The molecule has 7 nitrogen and oxygen atoms in total. The van der Waals surface area contributed by atoms with Crippen molar-refractivity contribution >= 4 is 15.9 Å². The van der Waals surface area contributed by atoms with Crippen molar-refractivity contribution in [3.8, 4) is 18.0 Å². The van der Waals surface area contributed by atoms with Gasteiger partial charge in [-0.05, 0) is 55.7 Å². The lowest BCUT2D eigenvalue weighted by Crippen LogP contribution is -2.26. The van der Waals surface area contributed by atoms with Crippen LogP contribution in [0.2, 0.25) is 0 Å². The number of nitrogens with one attached hydrogen (secondary N) is 2. The monoisotopic (exact) mass is 436 g/mol. The van der Waals surface area contributed by atoms with Crippen LogP contribution in [0, 0.1) is 19.3 Å². The van der Waals surface area contributed by atoms with Crippen LogP contribution in [0.3, 0.4) is 0 Å². The second-order valence-electron chi connectivity index (χ2n) is 6.94. The summed E-state index contributed by atoms with van der Waals surface area (Å²) in [6, 6.07) is 15.7.